The van der Waals surface area contributed by atoms with Gasteiger partial charge in [-0.05, 0) is 35.2 Å². The molecule has 1 aromatic heterocycles. The highest BCUT2D eigenvalue weighted by Gasteiger charge is 2.23. The van der Waals surface area contributed by atoms with E-state index in [1.807, 2.05) is 29.2 Å². The summed E-state index contributed by atoms with van der Waals surface area (Å²) in [6, 6.07) is 11.2. The Labute approximate surface area is 166 Å². The van der Waals surface area contributed by atoms with E-state index in [2.05, 4.69) is 31.0 Å². The smallest absolute Gasteiger partial charge is 0.289 e. The van der Waals surface area contributed by atoms with Crippen molar-refractivity contribution in [3.63, 3.8) is 0 Å². The third kappa shape index (κ3) is 5.01. The van der Waals surface area contributed by atoms with Crippen LogP contribution in [0.1, 0.15) is 47.2 Å². The highest BCUT2D eigenvalue weighted by Crippen LogP contribution is 2.22. The number of nitrogens with one attached hydrogen (secondary N) is 1. The predicted octanol–water partition coefficient (Wildman–Crippen LogP) is 2.76. The van der Waals surface area contributed by atoms with Crippen molar-refractivity contribution in [1.29, 1.82) is 0 Å². The molecule has 1 aliphatic rings. The van der Waals surface area contributed by atoms with E-state index in [0.717, 1.165) is 19.6 Å². The third-order valence-electron chi connectivity index (χ3n) is 5.12. The molecule has 1 saturated heterocycles. The molecule has 2 aromatic rings. The molecule has 6 nitrogen and oxygen atoms in total. The van der Waals surface area contributed by atoms with E-state index in [9.17, 15) is 9.59 Å². The number of carbonyl (C=O) groups is 2. The van der Waals surface area contributed by atoms with E-state index in [-0.39, 0.29) is 17.2 Å². The molecule has 0 bridgehead atoms. The summed E-state index contributed by atoms with van der Waals surface area (Å²) in [5, 5.41) is 2.98. The molecule has 1 N–H and O–H groups in total. The lowest BCUT2D eigenvalue weighted by atomic mass is 9.87. The summed E-state index contributed by atoms with van der Waals surface area (Å²) in [5.41, 5.74) is 1.98. The molecule has 0 radical (unpaired) electrons. The van der Waals surface area contributed by atoms with Crippen molar-refractivity contribution in [2.24, 2.45) is 0 Å². The van der Waals surface area contributed by atoms with Gasteiger partial charge >= 0.3 is 0 Å². The molecule has 150 valence electrons. The van der Waals surface area contributed by atoms with Gasteiger partial charge in [0, 0.05) is 44.8 Å². The van der Waals surface area contributed by atoms with Crippen LogP contribution in [0, 0.1) is 0 Å². The Kier molecular flexibility index (Phi) is 6.19. The van der Waals surface area contributed by atoms with Crippen LogP contribution < -0.4 is 5.32 Å². The molecule has 1 aromatic carbocycles. The number of carbonyl (C=O) groups excluding carboxylic acids is 2. The average molecular weight is 383 g/mol. The lowest BCUT2D eigenvalue weighted by molar-refractivity contribution is 0.0607. The van der Waals surface area contributed by atoms with E-state index in [4.69, 9.17) is 4.42 Å². The van der Waals surface area contributed by atoms with Gasteiger partial charge in [-0.2, -0.15) is 0 Å². The fourth-order valence-electron chi connectivity index (χ4n) is 3.28. The highest BCUT2D eigenvalue weighted by atomic mass is 16.3. The van der Waals surface area contributed by atoms with Crippen molar-refractivity contribution < 1.29 is 14.0 Å². The van der Waals surface area contributed by atoms with Gasteiger partial charge in [0.25, 0.3) is 11.8 Å². The highest BCUT2D eigenvalue weighted by molar-refractivity contribution is 5.94. The summed E-state index contributed by atoms with van der Waals surface area (Å²) in [6.45, 7) is 10.8. The van der Waals surface area contributed by atoms with Gasteiger partial charge < -0.3 is 14.6 Å². The zero-order valence-electron chi connectivity index (χ0n) is 16.9. The Morgan fingerprint density at radius 1 is 1.04 bits per heavy atom. The minimum Gasteiger partial charge on any atom is -0.459 e. The normalized spacial score (nSPS) is 15.5. The van der Waals surface area contributed by atoms with E-state index < -0.39 is 0 Å². The first-order valence-electron chi connectivity index (χ1n) is 9.78. The number of nitrogens with zero attached hydrogens (tertiary/aromatic N) is 2. The van der Waals surface area contributed by atoms with Crippen LogP contribution in [0.25, 0.3) is 0 Å². The Balaban J connectivity index is 1.40. The number of amides is 2. The summed E-state index contributed by atoms with van der Waals surface area (Å²) in [7, 11) is 0. The molecule has 28 heavy (non-hydrogen) atoms. The Hall–Kier alpha value is -2.60. The topological polar surface area (TPSA) is 65.8 Å². The largest absolute Gasteiger partial charge is 0.459 e. The van der Waals surface area contributed by atoms with Crippen molar-refractivity contribution in [3.05, 3.63) is 59.5 Å². The number of rotatable bonds is 5. The standard InChI is InChI=1S/C22H29N3O3/c1-22(2,3)18-8-6-17(7-9-18)20(26)23-10-11-24-12-14-25(15-13-24)21(27)19-5-4-16-28-19/h4-9,16H,10-15H2,1-3H3,(H,23,26). The van der Waals surface area contributed by atoms with E-state index in [1.54, 1.807) is 12.1 Å². The molecule has 2 heterocycles. The van der Waals surface area contributed by atoms with Crippen molar-refractivity contribution in [2.75, 3.05) is 39.3 Å². The van der Waals surface area contributed by atoms with Crippen LogP contribution in [0.2, 0.25) is 0 Å². The number of hydrogen-bond acceptors (Lipinski definition) is 4. The fourth-order valence-corrected chi connectivity index (χ4v) is 3.28. The molecule has 0 unspecified atom stereocenters. The molecule has 2 amide bonds. The van der Waals surface area contributed by atoms with Gasteiger partial charge in [-0.15, -0.1) is 0 Å². The molecular formula is C22H29N3O3. The van der Waals surface area contributed by atoms with Gasteiger partial charge in [0.2, 0.25) is 0 Å². The number of piperazine rings is 1. The van der Waals surface area contributed by atoms with Crippen LogP contribution in [0.5, 0.6) is 0 Å². The zero-order chi connectivity index (χ0) is 20.1. The van der Waals surface area contributed by atoms with E-state index in [1.165, 1.54) is 11.8 Å². The molecule has 1 fully saturated rings. The Morgan fingerprint density at radius 2 is 1.71 bits per heavy atom. The Morgan fingerprint density at radius 3 is 2.29 bits per heavy atom. The van der Waals surface area contributed by atoms with Crippen LogP contribution in [-0.4, -0.2) is 60.9 Å². The molecule has 0 spiro atoms. The summed E-state index contributed by atoms with van der Waals surface area (Å²) in [6.07, 6.45) is 1.52. The zero-order valence-corrected chi connectivity index (χ0v) is 16.9. The quantitative estimate of drug-likeness (QED) is 0.862. The number of benzene rings is 1. The summed E-state index contributed by atoms with van der Waals surface area (Å²) in [5.74, 6) is 0.280. The first kappa shape index (κ1) is 20.1. The molecular weight excluding hydrogens is 354 g/mol. The average Bonchev–Trinajstić information content (AvgIpc) is 3.22. The second-order valence-corrected chi connectivity index (χ2v) is 8.19. The van der Waals surface area contributed by atoms with Crippen LogP contribution in [-0.2, 0) is 5.41 Å². The van der Waals surface area contributed by atoms with E-state index in [0.29, 0.717) is 31.0 Å². The van der Waals surface area contributed by atoms with Gasteiger partial charge in [-0.3, -0.25) is 14.5 Å². The van der Waals surface area contributed by atoms with Crippen LogP contribution in [0.15, 0.2) is 47.1 Å². The first-order valence-corrected chi connectivity index (χ1v) is 9.78. The maximum atomic E-state index is 12.3. The van der Waals surface area contributed by atoms with Crippen LogP contribution in [0.4, 0.5) is 0 Å². The second-order valence-electron chi connectivity index (χ2n) is 8.19. The van der Waals surface area contributed by atoms with Crippen LogP contribution >= 0.6 is 0 Å². The third-order valence-corrected chi connectivity index (χ3v) is 5.12. The number of furan rings is 1. The molecule has 0 saturated carbocycles. The summed E-state index contributed by atoms with van der Waals surface area (Å²) >= 11 is 0. The second kappa shape index (κ2) is 8.61. The van der Waals surface area contributed by atoms with Crippen LogP contribution in [0.3, 0.4) is 0 Å². The monoisotopic (exact) mass is 383 g/mol. The van der Waals surface area contributed by atoms with Gasteiger partial charge in [-0.25, -0.2) is 0 Å². The minimum absolute atomic E-state index is 0.0490. The van der Waals surface area contributed by atoms with Gasteiger partial charge in [0.05, 0.1) is 6.26 Å². The van der Waals surface area contributed by atoms with Gasteiger partial charge in [0.15, 0.2) is 5.76 Å². The lowest BCUT2D eigenvalue weighted by Crippen LogP contribution is -2.50. The van der Waals surface area contributed by atoms with E-state index >= 15 is 0 Å². The first-order chi connectivity index (χ1) is 13.3. The Bertz CT molecular complexity index is 783. The van der Waals surface area contributed by atoms with Crippen molar-refractivity contribution in [1.82, 2.24) is 15.1 Å². The maximum absolute atomic E-state index is 12.3. The molecule has 3 rings (SSSR count). The summed E-state index contributed by atoms with van der Waals surface area (Å²) < 4.78 is 5.18. The van der Waals surface area contributed by atoms with Crippen molar-refractivity contribution in [3.8, 4) is 0 Å². The lowest BCUT2D eigenvalue weighted by Gasteiger charge is -2.34. The summed E-state index contributed by atoms with van der Waals surface area (Å²) in [4.78, 5) is 28.7. The molecule has 0 aliphatic carbocycles. The minimum atomic E-state index is -0.0587. The SMILES string of the molecule is CC(C)(C)c1ccc(C(=O)NCCN2CCN(C(=O)c3ccco3)CC2)cc1. The maximum Gasteiger partial charge on any atom is 0.289 e. The molecule has 0 atom stereocenters. The molecule has 1 aliphatic heterocycles. The molecule has 6 heteroatoms. The number of hydrogen-bond donors (Lipinski definition) is 1. The van der Waals surface area contributed by atoms with Gasteiger partial charge in [0.1, 0.15) is 0 Å². The van der Waals surface area contributed by atoms with Crippen molar-refractivity contribution in [2.45, 2.75) is 26.2 Å². The van der Waals surface area contributed by atoms with Gasteiger partial charge in [-0.1, -0.05) is 32.9 Å². The fraction of sp³-hybridized carbons (Fsp3) is 0.455. The predicted molar refractivity (Wildman–Crippen MR) is 109 cm³/mol. The van der Waals surface area contributed by atoms with Crippen molar-refractivity contribution >= 4 is 11.8 Å².